The summed E-state index contributed by atoms with van der Waals surface area (Å²) in [5, 5.41) is 12.0. The van der Waals surface area contributed by atoms with E-state index >= 15 is 0 Å². The smallest absolute Gasteiger partial charge is 0.308 e. The van der Waals surface area contributed by atoms with Gasteiger partial charge in [-0.2, -0.15) is 0 Å². The molecule has 0 aromatic carbocycles. The van der Waals surface area contributed by atoms with Gasteiger partial charge in [-0.15, -0.1) is 0 Å². The van der Waals surface area contributed by atoms with Gasteiger partial charge >= 0.3 is 5.97 Å². The summed E-state index contributed by atoms with van der Waals surface area (Å²) >= 11 is 0. The van der Waals surface area contributed by atoms with Crippen molar-refractivity contribution < 1.29 is 19.4 Å². The van der Waals surface area contributed by atoms with E-state index in [1.54, 1.807) is 0 Å². The molecular formula is C13H21NO4. The maximum absolute atomic E-state index is 12.1. The van der Waals surface area contributed by atoms with Crippen LogP contribution in [0.4, 0.5) is 0 Å². The van der Waals surface area contributed by atoms with Crippen LogP contribution in [-0.4, -0.2) is 35.7 Å². The second-order valence-corrected chi connectivity index (χ2v) is 5.40. The molecule has 102 valence electrons. The molecule has 1 heterocycles. The van der Waals surface area contributed by atoms with E-state index in [4.69, 9.17) is 9.84 Å². The molecule has 1 saturated carbocycles. The molecule has 1 saturated heterocycles. The molecule has 0 radical (unpaired) electrons. The summed E-state index contributed by atoms with van der Waals surface area (Å²) in [5.74, 6) is -1.17. The summed E-state index contributed by atoms with van der Waals surface area (Å²) in [5.41, 5.74) is 0. The SMILES string of the molecule is CC1CCOC1C(=O)NC1CCCCC1C(=O)O. The van der Waals surface area contributed by atoms with Gasteiger partial charge in [0.2, 0.25) is 5.91 Å². The Kier molecular flexibility index (Phi) is 4.22. The number of aliphatic carboxylic acids is 1. The van der Waals surface area contributed by atoms with E-state index in [0.29, 0.717) is 13.0 Å². The van der Waals surface area contributed by atoms with Crippen molar-refractivity contribution in [1.82, 2.24) is 5.32 Å². The lowest BCUT2D eigenvalue weighted by Gasteiger charge is -2.30. The Morgan fingerprint density at radius 1 is 1.22 bits per heavy atom. The molecule has 0 aromatic heterocycles. The maximum Gasteiger partial charge on any atom is 0.308 e. The topological polar surface area (TPSA) is 75.6 Å². The summed E-state index contributed by atoms with van der Waals surface area (Å²) < 4.78 is 5.40. The molecule has 2 aliphatic rings. The summed E-state index contributed by atoms with van der Waals surface area (Å²) in [4.78, 5) is 23.2. The van der Waals surface area contributed by atoms with Gasteiger partial charge in [0.25, 0.3) is 0 Å². The standard InChI is InChI=1S/C13H21NO4/c1-8-6-7-18-11(8)12(15)14-10-5-3-2-4-9(10)13(16)17/h8-11H,2-7H2,1H3,(H,14,15)(H,16,17). The molecule has 2 fully saturated rings. The molecule has 0 aromatic rings. The third-order valence-corrected chi connectivity index (χ3v) is 4.06. The van der Waals surface area contributed by atoms with Crippen molar-refractivity contribution in [3.05, 3.63) is 0 Å². The van der Waals surface area contributed by atoms with Crippen molar-refractivity contribution in [2.24, 2.45) is 11.8 Å². The van der Waals surface area contributed by atoms with Gasteiger partial charge in [-0.1, -0.05) is 19.8 Å². The van der Waals surface area contributed by atoms with E-state index in [9.17, 15) is 9.59 Å². The molecule has 5 nitrogen and oxygen atoms in total. The average molecular weight is 255 g/mol. The van der Waals surface area contributed by atoms with Gasteiger partial charge in [0.05, 0.1) is 5.92 Å². The van der Waals surface area contributed by atoms with Gasteiger partial charge in [-0.05, 0) is 25.2 Å². The molecule has 4 unspecified atom stereocenters. The summed E-state index contributed by atoms with van der Waals surface area (Å²) in [7, 11) is 0. The fraction of sp³-hybridized carbons (Fsp3) is 0.846. The van der Waals surface area contributed by atoms with Gasteiger partial charge in [-0.3, -0.25) is 9.59 Å². The molecule has 0 spiro atoms. The molecule has 1 amide bonds. The van der Waals surface area contributed by atoms with Crippen LogP contribution in [0.5, 0.6) is 0 Å². The number of amides is 1. The molecule has 1 aliphatic carbocycles. The van der Waals surface area contributed by atoms with Gasteiger partial charge in [-0.25, -0.2) is 0 Å². The Hall–Kier alpha value is -1.10. The first-order valence-corrected chi connectivity index (χ1v) is 6.74. The van der Waals surface area contributed by atoms with Crippen molar-refractivity contribution in [2.75, 3.05) is 6.61 Å². The van der Waals surface area contributed by atoms with E-state index in [1.165, 1.54) is 0 Å². The van der Waals surface area contributed by atoms with E-state index in [2.05, 4.69) is 5.32 Å². The highest BCUT2D eigenvalue weighted by Crippen LogP contribution is 2.26. The Balaban J connectivity index is 1.94. The minimum Gasteiger partial charge on any atom is -0.481 e. The Morgan fingerprint density at radius 3 is 2.56 bits per heavy atom. The van der Waals surface area contributed by atoms with Crippen molar-refractivity contribution in [3.8, 4) is 0 Å². The number of nitrogens with one attached hydrogen (secondary N) is 1. The monoisotopic (exact) mass is 255 g/mol. The van der Waals surface area contributed by atoms with E-state index in [0.717, 1.165) is 25.7 Å². The van der Waals surface area contributed by atoms with Crippen LogP contribution in [0.2, 0.25) is 0 Å². The number of ether oxygens (including phenoxy) is 1. The zero-order chi connectivity index (χ0) is 13.1. The minimum atomic E-state index is -0.805. The lowest BCUT2D eigenvalue weighted by molar-refractivity contribution is -0.144. The Morgan fingerprint density at radius 2 is 1.94 bits per heavy atom. The minimum absolute atomic E-state index is 0.141. The zero-order valence-electron chi connectivity index (χ0n) is 10.7. The van der Waals surface area contributed by atoms with Crippen molar-refractivity contribution in [3.63, 3.8) is 0 Å². The van der Waals surface area contributed by atoms with Crippen LogP contribution in [0.15, 0.2) is 0 Å². The molecule has 2 rings (SSSR count). The lowest BCUT2D eigenvalue weighted by atomic mass is 9.84. The highest BCUT2D eigenvalue weighted by molar-refractivity contribution is 5.82. The number of rotatable bonds is 3. The second-order valence-electron chi connectivity index (χ2n) is 5.40. The van der Waals surface area contributed by atoms with Gasteiger partial charge in [0, 0.05) is 12.6 Å². The molecule has 0 bridgehead atoms. The molecular weight excluding hydrogens is 234 g/mol. The van der Waals surface area contributed by atoms with Crippen molar-refractivity contribution >= 4 is 11.9 Å². The first-order chi connectivity index (χ1) is 8.59. The third-order valence-electron chi connectivity index (χ3n) is 4.06. The predicted molar refractivity (Wildman–Crippen MR) is 65.0 cm³/mol. The number of hydrogen-bond donors (Lipinski definition) is 2. The quantitative estimate of drug-likeness (QED) is 0.793. The first-order valence-electron chi connectivity index (χ1n) is 6.74. The predicted octanol–water partition coefficient (Wildman–Crippen LogP) is 1.17. The summed E-state index contributed by atoms with van der Waals surface area (Å²) in [6.07, 6.45) is 3.81. The molecule has 4 atom stereocenters. The van der Waals surface area contributed by atoms with Crippen LogP contribution in [0.3, 0.4) is 0 Å². The number of carbonyl (C=O) groups is 2. The largest absolute Gasteiger partial charge is 0.481 e. The third kappa shape index (κ3) is 2.83. The number of carboxylic acids is 1. The van der Waals surface area contributed by atoms with Crippen LogP contribution in [0.25, 0.3) is 0 Å². The van der Waals surface area contributed by atoms with Gasteiger partial charge in [0.1, 0.15) is 6.10 Å². The maximum atomic E-state index is 12.1. The number of hydrogen-bond acceptors (Lipinski definition) is 3. The normalized spacial score (nSPS) is 36.3. The van der Waals surface area contributed by atoms with Crippen LogP contribution < -0.4 is 5.32 Å². The van der Waals surface area contributed by atoms with Crippen LogP contribution in [-0.2, 0) is 14.3 Å². The highest BCUT2D eigenvalue weighted by Gasteiger charge is 2.36. The van der Waals surface area contributed by atoms with Crippen LogP contribution >= 0.6 is 0 Å². The molecule has 5 heteroatoms. The zero-order valence-corrected chi connectivity index (χ0v) is 10.7. The Labute approximate surface area is 107 Å². The highest BCUT2D eigenvalue weighted by atomic mass is 16.5. The van der Waals surface area contributed by atoms with Crippen molar-refractivity contribution in [1.29, 1.82) is 0 Å². The Bertz CT molecular complexity index is 331. The number of carbonyl (C=O) groups excluding carboxylic acids is 1. The van der Waals surface area contributed by atoms with Crippen LogP contribution in [0.1, 0.15) is 39.0 Å². The lowest BCUT2D eigenvalue weighted by Crippen LogP contribution is -2.49. The average Bonchev–Trinajstić information content (AvgIpc) is 2.76. The van der Waals surface area contributed by atoms with Crippen molar-refractivity contribution in [2.45, 2.75) is 51.2 Å². The number of carboxylic acid groups (broad SMARTS) is 1. The summed E-state index contributed by atoms with van der Waals surface area (Å²) in [6.45, 7) is 2.61. The fourth-order valence-electron chi connectivity index (χ4n) is 2.89. The van der Waals surface area contributed by atoms with Crippen LogP contribution in [0, 0.1) is 11.8 Å². The second kappa shape index (κ2) is 5.69. The first kappa shape index (κ1) is 13.3. The van der Waals surface area contributed by atoms with Gasteiger partial charge in [0.15, 0.2) is 0 Å². The molecule has 18 heavy (non-hydrogen) atoms. The van der Waals surface area contributed by atoms with E-state index in [1.807, 2.05) is 6.92 Å². The van der Waals surface area contributed by atoms with E-state index < -0.39 is 18.0 Å². The summed E-state index contributed by atoms with van der Waals surface area (Å²) in [6, 6.07) is -0.236. The molecule has 2 N–H and O–H groups in total. The van der Waals surface area contributed by atoms with Gasteiger partial charge < -0.3 is 15.2 Å². The molecule has 1 aliphatic heterocycles. The van der Waals surface area contributed by atoms with E-state index in [-0.39, 0.29) is 17.9 Å². The fourth-order valence-corrected chi connectivity index (χ4v) is 2.89.